The number of aliphatic hydroxyl groups excluding tert-OH is 1. The van der Waals surface area contributed by atoms with Crippen LogP contribution in [0.1, 0.15) is 11.1 Å². The lowest BCUT2D eigenvalue weighted by Gasteiger charge is -2.16. The highest BCUT2D eigenvalue weighted by Crippen LogP contribution is 2.19. The molecule has 0 fully saturated rings. The molecular formula is C13H20FNO5S. The second kappa shape index (κ2) is 7.81. The maximum atomic E-state index is 13.6. The number of rotatable bonds is 8. The van der Waals surface area contributed by atoms with Crippen LogP contribution in [0.15, 0.2) is 17.0 Å². The first kappa shape index (κ1) is 18.0. The zero-order valence-electron chi connectivity index (χ0n) is 12.2. The summed E-state index contributed by atoms with van der Waals surface area (Å²) in [7, 11) is -0.887. The normalized spacial score (nSPS) is 13.4. The molecule has 0 heterocycles. The lowest BCUT2D eigenvalue weighted by molar-refractivity contribution is 0.0320. The maximum Gasteiger partial charge on any atom is 0.240 e. The van der Waals surface area contributed by atoms with Crippen LogP contribution in [0.3, 0.4) is 0 Å². The third-order valence-corrected chi connectivity index (χ3v) is 4.37. The summed E-state index contributed by atoms with van der Waals surface area (Å²) in [5, 5.41) is 9.07. The fourth-order valence-electron chi connectivity index (χ4n) is 1.76. The van der Waals surface area contributed by atoms with Crippen molar-refractivity contribution in [3.63, 3.8) is 0 Å². The molecule has 0 aliphatic heterocycles. The summed E-state index contributed by atoms with van der Waals surface area (Å²) in [6, 6.07) is 2.33. The van der Waals surface area contributed by atoms with E-state index in [1.165, 1.54) is 27.2 Å². The largest absolute Gasteiger partial charge is 0.392 e. The molecule has 6 nitrogen and oxygen atoms in total. The van der Waals surface area contributed by atoms with Crippen molar-refractivity contribution in [3.05, 3.63) is 29.1 Å². The van der Waals surface area contributed by atoms with Crippen LogP contribution in [-0.2, 0) is 26.1 Å². The van der Waals surface area contributed by atoms with Crippen molar-refractivity contribution in [2.75, 3.05) is 27.4 Å². The van der Waals surface area contributed by atoms with Crippen molar-refractivity contribution in [1.29, 1.82) is 0 Å². The molecule has 1 aromatic rings. The molecule has 21 heavy (non-hydrogen) atoms. The molecule has 1 aromatic carbocycles. The number of sulfonamides is 1. The number of hydrogen-bond donors (Lipinski definition) is 2. The molecule has 2 N–H and O–H groups in total. The Morgan fingerprint density at radius 1 is 1.38 bits per heavy atom. The van der Waals surface area contributed by atoms with E-state index in [9.17, 15) is 12.8 Å². The van der Waals surface area contributed by atoms with Gasteiger partial charge < -0.3 is 14.6 Å². The van der Waals surface area contributed by atoms with Gasteiger partial charge in [0.1, 0.15) is 5.82 Å². The Hall–Kier alpha value is -1.06. The number of benzene rings is 1. The Labute approximate surface area is 123 Å². The van der Waals surface area contributed by atoms with Crippen LogP contribution in [0.5, 0.6) is 0 Å². The fraction of sp³-hybridized carbons (Fsp3) is 0.538. The molecule has 0 saturated carbocycles. The van der Waals surface area contributed by atoms with Crippen LogP contribution in [0.2, 0.25) is 0 Å². The quantitative estimate of drug-likeness (QED) is 0.731. The van der Waals surface area contributed by atoms with Crippen LogP contribution in [0.25, 0.3) is 0 Å². The minimum absolute atomic E-state index is 0.0254. The van der Waals surface area contributed by atoms with Gasteiger partial charge in [-0.3, -0.25) is 0 Å². The van der Waals surface area contributed by atoms with Gasteiger partial charge in [0.15, 0.2) is 0 Å². The van der Waals surface area contributed by atoms with Crippen molar-refractivity contribution in [2.45, 2.75) is 24.5 Å². The van der Waals surface area contributed by atoms with Crippen molar-refractivity contribution in [3.8, 4) is 0 Å². The molecule has 1 rings (SSSR count). The van der Waals surface area contributed by atoms with Crippen LogP contribution in [-0.4, -0.2) is 47.0 Å². The van der Waals surface area contributed by atoms with E-state index in [1.807, 2.05) is 0 Å². The van der Waals surface area contributed by atoms with Gasteiger partial charge in [-0.2, -0.15) is 0 Å². The van der Waals surface area contributed by atoms with Gasteiger partial charge in [0, 0.05) is 26.3 Å². The van der Waals surface area contributed by atoms with Gasteiger partial charge in [-0.15, -0.1) is 0 Å². The molecular weight excluding hydrogens is 301 g/mol. The van der Waals surface area contributed by atoms with Crippen molar-refractivity contribution < 1.29 is 27.4 Å². The molecule has 0 saturated heterocycles. The van der Waals surface area contributed by atoms with Gasteiger partial charge >= 0.3 is 0 Å². The third-order valence-electron chi connectivity index (χ3n) is 2.97. The summed E-state index contributed by atoms with van der Waals surface area (Å²) in [5.41, 5.74) is 0.0951. The lowest BCUT2D eigenvalue weighted by atomic mass is 10.1. The van der Waals surface area contributed by atoms with Crippen LogP contribution in [0.4, 0.5) is 4.39 Å². The lowest BCUT2D eigenvalue weighted by Crippen LogP contribution is -2.35. The monoisotopic (exact) mass is 321 g/mol. The zero-order chi connectivity index (χ0) is 16.0. The van der Waals surface area contributed by atoms with E-state index in [0.29, 0.717) is 0 Å². The molecule has 0 radical (unpaired) electrons. The number of aryl methyl sites for hydroxylation is 1. The number of ether oxygens (including phenoxy) is 2. The predicted octanol–water partition coefficient (Wildman–Crippen LogP) is 0.566. The van der Waals surface area contributed by atoms with Gasteiger partial charge in [-0.05, 0) is 24.6 Å². The summed E-state index contributed by atoms with van der Waals surface area (Å²) in [5.74, 6) is -0.606. The van der Waals surface area contributed by atoms with E-state index >= 15 is 0 Å². The standard InChI is InChI=1S/C13H20FNO5S/c1-9-4-12(5-10(7-16)13(9)14)21(17,18)15-6-11(20-3)8-19-2/h4-5,11,15-16H,6-8H2,1-3H3. The SMILES string of the molecule is COCC(CNS(=O)(=O)c1cc(C)c(F)c(CO)c1)OC. The topological polar surface area (TPSA) is 84.9 Å². The first-order valence-corrected chi connectivity index (χ1v) is 7.75. The van der Waals surface area contributed by atoms with Gasteiger partial charge in [-0.1, -0.05) is 0 Å². The molecule has 0 aliphatic carbocycles. The van der Waals surface area contributed by atoms with E-state index < -0.39 is 28.6 Å². The molecule has 1 atom stereocenters. The van der Waals surface area contributed by atoms with Crippen molar-refractivity contribution in [2.24, 2.45) is 0 Å². The second-order valence-electron chi connectivity index (χ2n) is 4.54. The Bertz CT molecular complexity index is 576. The minimum Gasteiger partial charge on any atom is -0.392 e. The highest BCUT2D eigenvalue weighted by Gasteiger charge is 2.19. The Morgan fingerprint density at radius 3 is 2.57 bits per heavy atom. The number of aliphatic hydroxyl groups is 1. The maximum absolute atomic E-state index is 13.6. The second-order valence-corrected chi connectivity index (χ2v) is 6.30. The van der Waals surface area contributed by atoms with Crippen LogP contribution >= 0.6 is 0 Å². The van der Waals surface area contributed by atoms with E-state index in [1.54, 1.807) is 0 Å². The summed E-state index contributed by atoms with van der Waals surface area (Å²) in [6.45, 7) is 1.14. The van der Waals surface area contributed by atoms with E-state index in [4.69, 9.17) is 14.6 Å². The van der Waals surface area contributed by atoms with E-state index in [-0.39, 0.29) is 29.2 Å². The Kier molecular flexibility index (Phi) is 6.69. The number of hydrogen-bond acceptors (Lipinski definition) is 5. The molecule has 0 aromatic heterocycles. The molecule has 0 bridgehead atoms. The minimum atomic E-state index is -3.82. The first-order valence-electron chi connectivity index (χ1n) is 6.27. The predicted molar refractivity (Wildman–Crippen MR) is 74.9 cm³/mol. The summed E-state index contributed by atoms with van der Waals surface area (Å²) < 4.78 is 50.3. The van der Waals surface area contributed by atoms with Gasteiger partial charge in [-0.25, -0.2) is 17.5 Å². The summed E-state index contributed by atoms with van der Waals surface area (Å²) in [6.07, 6.45) is -0.427. The van der Waals surface area contributed by atoms with Gasteiger partial charge in [0.05, 0.1) is 24.2 Å². The van der Waals surface area contributed by atoms with Crippen molar-refractivity contribution >= 4 is 10.0 Å². The summed E-state index contributed by atoms with van der Waals surface area (Å²) >= 11 is 0. The number of nitrogens with one attached hydrogen (secondary N) is 1. The highest BCUT2D eigenvalue weighted by atomic mass is 32.2. The molecule has 0 aliphatic rings. The Morgan fingerprint density at radius 2 is 2.05 bits per heavy atom. The average Bonchev–Trinajstić information content (AvgIpc) is 2.46. The fourth-order valence-corrected chi connectivity index (χ4v) is 2.96. The number of methoxy groups -OCH3 is 2. The average molecular weight is 321 g/mol. The van der Waals surface area contributed by atoms with Gasteiger partial charge in [0.25, 0.3) is 0 Å². The van der Waals surface area contributed by atoms with E-state index in [0.717, 1.165) is 6.07 Å². The highest BCUT2D eigenvalue weighted by molar-refractivity contribution is 7.89. The molecule has 8 heteroatoms. The molecule has 0 spiro atoms. The smallest absolute Gasteiger partial charge is 0.240 e. The van der Waals surface area contributed by atoms with Crippen LogP contribution < -0.4 is 4.72 Å². The zero-order valence-corrected chi connectivity index (χ0v) is 13.0. The van der Waals surface area contributed by atoms with Gasteiger partial charge in [0.2, 0.25) is 10.0 Å². The Balaban J connectivity index is 2.95. The molecule has 1 unspecified atom stereocenters. The third kappa shape index (κ3) is 4.72. The first-order chi connectivity index (χ1) is 9.85. The van der Waals surface area contributed by atoms with Crippen molar-refractivity contribution in [1.82, 2.24) is 4.72 Å². The molecule has 120 valence electrons. The van der Waals surface area contributed by atoms with Crippen LogP contribution in [0, 0.1) is 12.7 Å². The molecule has 0 amide bonds. The number of halogens is 1. The summed E-state index contributed by atoms with van der Waals surface area (Å²) in [4.78, 5) is -0.0993. The van der Waals surface area contributed by atoms with E-state index in [2.05, 4.69) is 4.72 Å².